The summed E-state index contributed by atoms with van der Waals surface area (Å²) >= 11 is 2.09. The van der Waals surface area contributed by atoms with Crippen LogP contribution in [0.1, 0.15) is 37.4 Å². The Morgan fingerprint density at radius 2 is 2.15 bits per heavy atom. The highest BCUT2D eigenvalue weighted by Gasteiger charge is 2.42. The van der Waals surface area contributed by atoms with E-state index in [9.17, 15) is 5.11 Å². The highest BCUT2D eigenvalue weighted by molar-refractivity contribution is 14.1. The first-order chi connectivity index (χ1) is 9.70. The summed E-state index contributed by atoms with van der Waals surface area (Å²) < 4.78 is 6.21. The van der Waals surface area contributed by atoms with Crippen molar-refractivity contribution in [3.63, 3.8) is 0 Å². The second-order valence-electron chi connectivity index (χ2n) is 5.91. The fourth-order valence-corrected chi connectivity index (χ4v) is 4.04. The molecule has 2 aromatic rings. The molecule has 4 nitrogen and oxygen atoms in total. The van der Waals surface area contributed by atoms with Crippen LogP contribution >= 0.6 is 22.6 Å². The maximum atomic E-state index is 9.77. The Kier molecular flexibility index (Phi) is 2.98. The number of hydrogen-bond acceptors (Lipinski definition) is 4. The standard InChI is InChI=1S/C15H15IN2O2/c16-12-4-3-10(7-13(12)19)15-17-14(18-20-15)11-6-8-1-2-9(11)5-8/h3-4,7-9,11,19H,1-2,5-6H2. The van der Waals surface area contributed by atoms with Crippen LogP contribution in [0, 0.1) is 15.4 Å². The normalized spacial score (nSPS) is 28.1. The van der Waals surface area contributed by atoms with Gasteiger partial charge < -0.3 is 9.63 Å². The van der Waals surface area contributed by atoms with Gasteiger partial charge in [0.1, 0.15) is 5.75 Å². The van der Waals surface area contributed by atoms with Crippen LogP contribution in [0.5, 0.6) is 5.75 Å². The van der Waals surface area contributed by atoms with E-state index in [-0.39, 0.29) is 5.75 Å². The number of aromatic hydroxyl groups is 1. The molecule has 1 aromatic carbocycles. The minimum atomic E-state index is 0.253. The summed E-state index contributed by atoms with van der Waals surface area (Å²) in [6.07, 6.45) is 5.22. The summed E-state index contributed by atoms with van der Waals surface area (Å²) in [4.78, 5) is 4.56. The molecule has 104 valence electrons. The number of aromatic nitrogens is 2. The zero-order valence-electron chi connectivity index (χ0n) is 10.9. The highest BCUT2D eigenvalue weighted by atomic mass is 127. The third kappa shape index (κ3) is 2.03. The molecule has 1 heterocycles. The molecule has 3 atom stereocenters. The summed E-state index contributed by atoms with van der Waals surface area (Å²) in [6.45, 7) is 0. The summed E-state index contributed by atoms with van der Waals surface area (Å²) in [5.41, 5.74) is 0.782. The number of hydrogen-bond donors (Lipinski definition) is 1. The van der Waals surface area contributed by atoms with Crippen molar-refractivity contribution in [3.8, 4) is 17.2 Å². The number of phenols is 1. The Balaban J connectivity index is 1.63. The first-order valence-electron chi connectivity index (χ1n) is 7.03. The molecule has 2 fully saturated rings. The zero-order chi connectivity index (χ0) is 13.7. The quantitative estimate of drug-likeness (QED) is 0.800. The molecule has 4 rings (SSSR count). The first-order valence-corrected chi connectivity index (χ1v) is 8.11. The maximum absolute atomic E-state index is 9.77. The van der Waals surface area contributed by atoms with Gasteiger partial charge in [-0.2, -0.15) is 4.98 Å². The molecule has 0 spiro atoms. The van der Waals surface area contributed by atoms with Crippen molar-refractivity contribution in [2.24, 2.45) is 11.8 Å². The lowest BCUT2D eigenvalue weighted by atomic mass is 9.88. The van der Waals surface area contributed by atoms with Crippen LogP contribution < -0.4 is 0 Å². The van der Waals surface area contributed by atoms with Crippen LogP contribution in [-0.4, -0.2) is 15.2 Å². The van der Waals surface area contributed by atoms with Crippen molar-refractivity contribution in [1.82, 2.24) is 10.1 Å². The van der Waals surface area contributed by atoms with Gasteiger partial charge in [0.2, 0.25) is 0 Å². The lowest BCUT2D eigenvalue weighted by Crippen LogP contribution is -2.09. The molecule has 3 unspecified atom stereocenters. The van der Waals surface area contributed by atoms with E-state index in [1.807, 2.05) is 12.1 Å². The van der Waals surface area contributed by atoms with Gasteiger partial charge in [0.25, 0.3) is 5.89 Å². The van der Waals surface area contributed by atoms with Gasteiger partial charge in [0.05, 0.1) is 3.57 Å². The van der Waals surface area contributed by atoms with Gasteiger partial charge in [-0.3, -0.25) is 0 Å². The fraction of sp³-hybridized carbons (Fsp3) is 0.467. The van der Waals surface area contributed by atoms with Crippen LogP contribution in [0.4, 0.5) is 0 Å². The van der Waals surface area contributed by atoms with Gasteiger partial charge in [-0.25, -0.2) is 0 Å². The molecule has 2 aliphatic carbocycles. The van der Waals surface area contributed by atoms with E-state index >= 15 is 0 Å². The highest BCUT2D eigenvalue weighted by Crippen LogP contribution is 2.52. The van der Waals surface area contributed by atoms with Gasteiger partial charge in [-0.05, 0) is 71.9 Å². The smallest absolute Gasteiger partial charge is 0.258 e. The second-order valence-corrected chi connectivity index (χ2v) is 7.07. The Labute approximate surface area is 130 Å². The lowest BCUT2D eigenvalue weighted by molar-refractivity contribution is 0.372. The van der Waals surface area contributed by atoms with Crippen LogP contribution in [0.15, 0.2) is 22.7 Å². The third-order valence-corrected chi connectivity index (χ3v) is 5.62. The maximum Gasteiger partial charge on any atom is 0.258 e. The number of phenolic OH excluding ortho intramolecular Hbond substituents is 1. The van der Waals surface area contributed by atoms with E-state index in [1.165, 1.54) is 25.7 Å². The molecular formula is C15H15IN2O2. The summed E-state index contributed by atoms with van der Waals surface area (Å²) in [7, 11) is 0. The van der Waals surface area contributed by atoms with E-state index in [4.69, 9.17) is 4.52 Å². The predicted molar refractivity (Wildman–Crippen MR) is 82.3 cm³/mol. The molecule has 1 N–H and O–H groups in total. The van der Waals surface area contributed by atoms with Gasteiger partial charge in [-0.15, -0.1) is 0 Å². The van der Waals surface area contributed by atoms with Gasteiger partial charge in [0.15, 0.2) is 5.82 Å². The molecular weight excluding hydrogens is 367 g/mol. The van der Waals surface area contributed by atoms with Crippen molar-refractivity contribution in [2.75, 3.05) is 0 Å². The molecule has 0 radical (unpaired) electrons. The van der Waals surface area contributed by atoms with Gasteiger partial charge in [-0.1, -0.05) is 11.6 Å². The van der Waals surface area contributed by atoms with Gasteiger partial charge in [0, 0.05) is 11.5 Å². The topological polar surface area (TPSA) is 59.2 Å². The van der Waals surface area contributed by atoms with Gasteiger partial charge >= 0.3 is 0 Å². The summed E-state index contributed by atoms with van der Waals surface area (Å²) in [5, 5.41) is 13.9. The predicted octanol–water partition coefficient (Wildman–Crippen LogP) is 3.95. The van der Waals surface area contributed by atoms with E-state index < -0.39 is 0 Å². The molecule has 2 bridgehead atoms. The minimum absolute atomic E-state index is 0.253. The zero-order valence-corrected chi connectivity index (χ0v) is 13.1. The second kappa shape index (κ2) is 4.72. The van der Waals surface area contributed by atoms with Crippen molar-refractivity contribution < 1.29 is 9.63 Å². The SMILES string of the molecule is Oc1cc(-c2nc(C3CC4CCC3C4)no2)ccc1I. The fourth-order valence-electron chi connectivity index (χ4n) is 3.71. The summed E-state index contributed by atoms with van der Waals surface area (Å²) in [5.74, 6) is 3.70. The van der Waals surface area contributed by atoms with Crippen molar-refractivity contribution in [1.29, 1.82) is 0 Å². The average molecular weight is 382 g/mol. The first kappa shape index (κ1) is 12.6. The summed E-state index contributed by atoms with van der Waals surface area (Å²) in [6, 6.07) is 5.44. The Morgan fingerprint density at radius 1 is 1.25 bits per heavy atom. The van der Waals surface area contributed by atoms with Crippen molar-refractivity contribution >= 4 is 22.6 Å². The molecule has 2 saturated carbocycles. The number of benzene rings is 1. The number of fused-ring (bicyclic) bond motifs is 2. The molecule has 0 aliphatic heterocycles. The average Bonchev–Trinajstić information content (AvgIpc) is 3.16. The minimum Gasteiger partial charge on any atom is -0.507 e. The molecule has 0 saturated heterocycles. The molecule has 5 heteroatoms. The van der Waals surface area contributed by atoms with E-state index in [1.54, 1.807) is 6.07 Å². The Bertz CT molecular complexity index is 655. The molecule has 1 aromatic heterocycles. The van der Waals surface area contributed by atoms with Crippen LogP contribution in [0.3, 0.4) is 0 Å². The monoisotopic (exact) mass is 382 g/mol. The van der Waals surface area contributed by atoms with Crippen LogP contribution in [0.2, 0.25) is 0 Å². The van der Waals surface area contributed by atoms with Crippen LogP contribution in [0.25, 0.3) is 11.5 Å². The van der Waals surface area contributed by atoms with E-state index in [2.05, 4.69) is 32.7 Å². The lowest BCUT2D eigenvalue weighted by Gasteiger charge is -2.17. The largest absolute Gasteiger partial charge is 0.507 e. The molecule has 2 aliphatic rings. The Hall–Kier alpha value is -1.11. The third-order valence-electron chi connectivity index (χ3n) is 4.70. The number of rotatable bonds is 2. The molecule has 0 amide bonds. The van der Waals surface area contributed by atoms with E-state index in [0.29, 0.717) is 11.8 Å². The van der Waals surface area contributed by atoms with E-state index in [0.717, 1.165) is 26.8 Å². The molecule has 20 heavy (non-hydrogen) atoms. The number of halogens is 1. The number of nitrogens with zero attached hydrogens (tertiary/aromatic N) is 2. The van der Waals surface area contributed by atoms with Crippen LogP contribution in [-0.2, 0) is 0 Å². The Morgan fingerprint density at radius 3 is 2.85 bits per heavy atom. The van der Waals surface area contributed by atoms with Crippen molar-refractivity contribution in [2.45, 2.75) is 31.6 Å². The van der Waals surface area contributed by atoms with Crippen molar-refractivity contribution in [3.05, 3.63) is 27.6 Å².